The minimum Gasteiger partial charge on any atom is -0.382 e. The van der Waals surface area contributed by atoms with Gasteiger partial charge in [0.1, 0.15) is 5.71 Å². The summed E-state index contributed by atoms with van der Waals surface area (Å²) in [5, 5.41) is 11.2. The zero-order valence-corrected chi connectivity index (χ0v) is 15.2. The van der Waals surface area contributed by atoms with Gasteiger partial charge in [0.2, 0.25) is 6.10 Å². The Bertz CT molecular complexity index is 952. The van der Waals surface area contributed by atoms with Crippen molar-refractivity contribution in [1.82, 2.24) is 9.78 Å². The van der Waals surface area contributed by atoms with Gasteiger partial charge in [-0.25, -0.2) is 0 Å². The van der Waals surface area contributed by atoms with Crippen molar-refractivity contribution in [2.75, 3.05) is 5.32 Å². The molecule has 0 bridgehead atoms. The molecule has 132 valence electrons. The third kappa shape index (κ3) is 3.63. The van der Waals surface area contributed by atoms with E-state index >= 15 is 0 Å². The van der Waals surface area contributed by atoms with Crippen molar-refractivity contribution >= 4 is 40.2 Å². The summed E-state index contributed by atoms with van der Waals surface area (Å²) in [6, 6.07) is 13.2. The smallest absolute Gasteiger partial charge is 0.268 e. The number of anilines is 1. The van der Waals surface area contributed by atoms with Crippen molar-refractivity contribution in [3.63, 3.8) is 0 Å². The summed E-state index contributed by atoms with van der Waals surface area (Å²) >= 11 is 7.38. The van der Waals surface area contributed by atoms with Crippen LogP contribution in [0.2, 0.25) is 4.34 Å². The SMILES string of the molecule is O=C(Nc1ccccc1Cn1cccn1)C1CC(c2ccc(Cl)s2)=NO1. The number of nitrogens with zero attached hydrogens (tertiary/aromatic N) is 3. The predicted octanol–water partition coefficient (Wildman–Crippen LogP) is 3.78. The van der Waals surface area contributed by atoms with E-state index in [9.17, 15) is 4.79 Å². The number of para-hydroxylation sites is 1. The lowest BCUT2D eigenvalue weighted by atomic mass is 10.1. The van der Waals surface area contributed by atoms with Gasteiger partial charge in [0.15, 0.2) is 0 Å². The molecule has 0 saturated heterocycles. The number of carbonyl (C=O) groups excluding carboxylic acids is 1. The average Bonchev–Trinajstić information content (AvgIpc) is 3.37. The van der Waals surface area contributed by atoms with Crippen molar-refractivity contribution in [3.05, 3.63) is 69.6 Å². The molecule has 0 spiro atoms. The highest BCUT2D eigenvalue weighted by Crippen LogP contribution is 2.27. The first-order chi connectivity index (χ1) is 12.7. The normalized spacial score (nSPS) is 16.2. The number of halogens is 1. The first-order valence-electron chi connectivity index (χ1n) is 8.03. The molecular formula is C18H15ClN4O2S. The van der Waals surface area contributed by atoms with Crippen LogP contribution in [-0.2, 0) is 16.2 Å². The van der Waals surface area contributed by atoms with Crippen molar-refractivity contribution < 1.29 is 9.63 Å². The largest absolute Gasteiger partial charge is 0.382 e. The Hall–Kier alpha value is -2.64. The lowest BCUT2D eigenvalue weighted by Crippen LogP contribution is -2.28. The molecule has 1 aliphatic heterocycles. The highest BCUT2D eigenvalue weighted by atomic mass is 35.5. The molecule has 0 radical (unpaired) electrons. The predicted molar refractivity (Wildman–Crippen MR) is 102 cm³/mol. The van der Waals surface area contributed by atoms with E-state index in [0.29, 0.717) is 17.3 Å². The van der Waals surface area contributed by atoms with Gasteiger partial charge in [0, 0.05) is 24.5 Å². The van der Waals surface area contributed by atoms with Crippen molar-refractivity contribution in [2.24, 2.45) is 5.16 Å². The van der Waals surface area contributed by atoms with Gasteiger partial charge in [-0.3, -0.25) is 9.48 Å². The summed E-state index contributed by atoms with van der Waals surface area (Å²) < 4.78 is 2.49. The number of rotatable bonds is 5. The third-order valence-electron chi connectivity index (χ3n) is 3.99. The average molecular weight is 387 g/mol. The van der Waals surface area contributed by atoms with Crippen molar-refractivity contribution in [3.8, 4) is 0 Å². The van der Waals surface area contributed by atoms with Crippen LogP contribution in [0.25, 0.3) is 0 Å². The standard InChI is InChI=1S/C18H15ClN4O2S/c19-17-7-6-16(26-17)14-10-15(25-22-14)18(24)21-13-5-2-1-4-12(13)11-23-9-3-8-20-23/h1-9,15H,10-11H2,(H,21,24). The minimum atomic E-state index is -0.649. The first-order valence-corrected chi connectivity index (χ1v) is 9.23. The topological polar surface area (TPSA) is 68.5 Å². The number of benzene rings is 1. The van der Waals surface area contributed by atoms with Gasteiger partial charge in [-0.1, -0.05) is 35.0 Å². The van der Waals surface area contributed by atoms with Gasteiger partial charge in [-0.05, 0) is 29.8 Å². The second kappa shape index (κ2) is 7.31. The number of oxime groups is 1. The van der Waals surface area contributed by atoms with Crippen molar-refractivity contribution in [2.45, 2.75) is 19.1 Å². The number of aromatic nitrogens is 2. The highest BCUT2D eigenvalue weighted by Gasteiger charge is 2.30. The molecular weight excluding hydrogens is 372 g/mol. The van der Waals surface area contributed by atoms with Crippen LogP contribution in [0.15, 0.2) is 60.0 Å². The van der Waals surface area contributed by atoms with Crippen LogP contribution in [0.3, 0.4) is 0 Å². The van der Waals surface area contributed by atoms with E-state index in [1.165, 1.54) is 11.3 Å². The molecule has 4 rings (SSSR count). The Balaban J connectivity index is 1.43. The maximum absolute atomic E-state index is 12.6. The van der Waals surface area contributed by atoms with E-state index in [2.05, 4.69) is 15.6 Å². The molecule has 0 saturated carbocycles. The molecule has 1 amide bonds. The van der Waals surface area contributed by atoms with E-state index in [1.807, 2.05) is 48.7 Å². The monoisotopic (exact) mass is 386 g/mol. The fourth-order valence-corrected chi connectivity index (χ4v) is 3.73. The molecule has 1 aliphatic rings. The van der Waals surface area contributed by atoms with Crippen LogP contribution in [-0.4, -0.2) is 27.5 Å². The fraction of sp³-hybridized carbons (Fsp3) is 0.167. The van der Waals surface area contributed by atoms with Crippen LogP contribution >= 0.6 is 22.9 Å². The van der Waals surface area contributed by atoms with Gasteiger partial charge in [0.05, 0.1) is 15.8 Å². The Kier molecular flexibility index (Phi) is 4.73. The van der Waals surface area contributed by atoms with Crippen LogP contribution in [0.4, 0.5) is 5.69 Å². The summed E-state index contributed by atoms with van der Waals surface area (Å²) in [6.45, 7) is 0.574. The molecule has 1 N–H and O–H groups in total. The zero-order valence-electron chi connectivity index (χ0n) is 13.6. The Morgan fingerprint density at radius 1 is 1.31 bits per heavy atom. The van der Waals surface area contributed by atoms with E-state index in [-0.39, 0.29) is 5.91 Å². The molecule has 1 atom stereocenters. The van der Waals surface area contributed by atoms with Gasteiger partial charge in [-0.2, -0.15) is 5.10 Å². The zero-order chi connectivity index (χ0) is 17.9. The quantitative estimate of drug-likeness (QED) is 0.725. The fourth-order valence-electron chi connectivity index (χ4n) is 2.69. The number of thiophene rings is 1. The molecule has 1 unspecified atom stereocenters. The molecule has 3 heterocycles. The van der Waals surface area contributed by atoms with Crippen LogP contribution in [0.1, 0.15) is 16.9 Å². The molecule has 0 aliphatic carbocycles. The van der Waals surface area contributed by atoms with E-state index in [1.54, 1.807) is 10.9 Å². The van der Waals surface area contributed by atoms with Gasteiger partial charge < -0.3 is 10.2 Å². The molecule has 8 heteroatoms. The van der Waals surface area contributed by atoms with Crippen molar-refractivity contribution in [1.29, 1.82) is 0 Å². The lowest BCUT2D eigenvalue weighted by molar-refractivity contribution is -0.125. The van der Waals surface area contributed by atoms with Crippen LogP contribution < -0.4 is 5.32 Å². The molecule has 1 aromatic carbocycles. The molecule has 6 nitrogen and oxygen atoms in total. The number of nitrogens with one attached hydrogen (secondary N) is 1. The summed E-state index contributed by atoms with van der Waals surface area (Å²) in [5.74, 6) is -0.223. The minimum absolute atomic E-state index is 0.223. The first kappa shape index (κ1) is 16.8. The Morgan fingerprint density at radius 2 is 2.19 bits per heavy atom. The number of hydrogen-bond donors (Lipinski definition) is 1. The van der Waals surface area contributed by atoms with Gasteiger partial charge in [0.25, 0.3) is 5.91 Å². The molecule has 26 heavy (non-hydrogen) atoms. The second-order valence-corrected chi connectivity index (χ2v) is 7.51. The summed E-state index contributed by atoms with van der Waals surface area (Å²) in [7, 11) is 0. The highest BCUT2D eigenvalue weighted by molar-refractivity contribution is 7.18. The second-order valence-electron chi connectivity index (χ2n) is 5.79. The van der Waals surface area contributed by atoms with E-state index in [4.69, 9.17) is 16.4 Å². The van der Waals surface area contributed by atoms with Gasteiger partial charge >= 0.3 is 0 Å². The maximum Gasteiger partial charge on any atom is 0.268 e. The molecule has 3 aromatic rings. The van der Waals surface area contributed by atoms with Crippen LogP contribution in [0, 0.1) is 0 Å². The number of hydrogen-bond acceptors (Lipinski definition) is 5. The summed E-state index contributed by atoms with van der Waals surface area (Å²) in [6.07, 6.45) is 3.38. The van der Waals surface area contributed by atoms with E-state index in [0.717, 1.165) is 21.8 Å². The maximum atomic E-state index is 12.6. The number of amides is 1. The Morgan fingerprint density at radius 3 is 2.96 bits per heavy atom. The Labute approximate surface area is 159 Å². The molecule has 2 aromatic heterocycles. The number of carbonyl (C=O) groups is 1. The lowest BCUT2D eigenvalue weighted by Gasteiger charge is -2.13. The molecule has 0 fully saturated rings. The van der Waals surface area contributed by atoms with E-state index < -0.39 is 6.10 Å². The van der Waals surface area contributed by atoms with Gasteiger partial charge in [-0.15, -0.1) is 11.3 Å². The summed E-state index contributed by atoms with van der Waals surface area (Å²) in [4.78, 5) is 18.8. The summed E-state index contributed by atoms with van der Waals surface area (Å²) in [5.41, 5.74) is 2.45. The van der Waals surface area contributed by atoms with Crippen LogP contribution in [0.5, 0.6) is 0 Å². The third-order valence-corrected chi connectivity index (χ3v) is 5.27.